The molecule has 2 atom stereocenters. The lowest BCUT2D eigenvalue weighted by Crippen LogP contribution is -2.47. The lowest BCUT2D eigenvalue weighted by Gasteiger charge is -2.31. The first-order chi connectivity index (χ1) is 14.7. The number of piperidine rings is 1. The summed E-state index contributed by atoms with van der Waals surface area (Å²) in [7, 11) is -3.94. The Kier molecular flexibility index (Phi) is 7.27. The first-order valence-electron chi connectivity index (χ1n) is 10.4. The summed E-state index contributed by atoms with van der Waals surface area (Å²) in [6.45, 7) is 5.87. The fourth-order valence-corrected chi connectivity index (χ4v) is 5.32. The van der Waals surface area contributed by atoms with Gasteiger partial charge in [0.2, 0.25) is 15.9 Å². The van der Waals surface area contributed by atoms with Gasteiger partial charge >= 0.3 is 0 Å². The van der Waals surface area contributed by atoms with Crippen LogP contribution in [0, 0.1) is 18.7 Å². The van der Waals surface area contributed by atoms with E-state index in [-0.39, 0.29) is 34.8 Å². The van der Waals surface area contributed by atoms with Gasteiger partial charge in [-0.15, -0.1) is 0 Å². The van der Waals surface area contributed by atoms with Crippen molar-refractivity contribution in [2.75, 3.05) is 13.1 Å². The minimum absolute atomic E-state index is 0.0342. The number of rotatable bonds is 7. The normalized spacial score (nSPS) is 18.9. The average molecular weight is 450 g/mol. The molecule has 2 heterocycles. The molecule has 1 aliphatic rings. The Morgan fingerprint density at radius 2 is 2.13 bits per heavy atom. The highest BCUT2D eigenvalue weighted by Crippen LogP contribution is 2.29. The molecule has 1 N–H and O–H groups in total. The van der Waals surface area contributed by atoms with Gasteiger partial charge in [0, 0.05) is 24.7 Å². The molecular weight excluding hydrogens is 421 g/mol. The van der Waals surface area contributed by atoms with Crippen LogP contribution in [0.25, 0.3) is 12.2 Å². The van der Waals surface area contributed by atoms with Crippen LogP contribution >= 0.6 is 0 Å². The monoisotopic (exact) mass is 449 g/mol. The minimum Gasteiger partial charge on any atom is -0.355 e. The number of benzene rings is 1. The number of aromatic nitrogens is 1. The zero-order chi connectivity index (χ0) is 22.6. The second-order valence-electron chi connectivity index (χ2n) is 7.84. The number of sulfonamides is 1. The summed E-state index contributed by atoms with van der Waals surface area (Å²) in [6.07, 6.45) is 4.88. The summed E-state index contributed by atoms with van der Waals surface area (Å²) in [5.74, 6) is -0.927. The molecule has 0 aliphatic carbocycles. The molecule has 0 radical (unpaired) electrons. The molecule has 1 aromatic carbocycles. The first kappa shape index (κ1) is 23.1. The maximum atomic E-state index is 13.9. The van der Waals surface area contributed by atoms with Gasteiger partial charge in [0.15, 0.2) is 10.7 Å². The second-order valence-corrected chi connectivity index (χ2v) is 9.71. The molecule has 0 spiro atoms. The van der Waals surface area contributed by atoms with Crippen molar-refractivity contribution in [3.05, 3.63) is 47.1 Å². The third-order valence-electron chi connectivity index (χ3n) is 5.51. The van der Waals surface area contributed by atoms with Gasteiger partial charge in [-0.25, -0.2) is 12.8 Å². The molecule has 1 aromatic heterocycles. The number of carbonyl (C=O) groups excluding carboxylic acids is 1. The van der Waals surface area contributed by atoms with Gasteiger partial charge in [0.25, 0.3) is 0 Å². The SMILES string of the molecule is CC[C@H](C)NC(=O)[C@@H]1CCCN(S(=O)(=O)c2c(C)noc2/C=C/c2ccccc2F)C1. The van der Waals surface area contributed by atoms with E-state index in [9.17, 15) is 17.6 Å². The molecule has 1 saturated heterocycles. The molecule has 0 bridgehead atoms. The Morgan fingerprint density at radius 1 is 1.39 bits per heavy atom. The Balaban J connectivity index is 1.84. The van der Waals surface area contributed by atoms with Crippen molar-refractivity contribution in [2.45, 2.75) is 51.0 Å². The van der Waals surface area contributed by atoms with Gasteiger partial charge < -0.3 is 9.84 Å². The summed E-state index contributed by atoms with van der Waals surface area (Å²) in [5, 5.41) is 6.75. The van der Waals surface area contributed by atoms with E-state index in [4.69, 9.17) is 4.52 Å². The predicted molar refractivity (Wildman–Crippen MR) is 116 cm³/mol. The van der Waals surface area contributed by atoms with Crippen molar-refractivity contribution in [3.8, 4) is 0 Å². The summed E-state index contributed by atoms with van der Waals surface area (Å²) in [4.78, 5) is 12.5. The predicted octanol–water partition coefficient (Wildman–Crippen LogP) is 3.61. The van der Waals surface area contributed by atoms with Crippen LogP contribution in [0.3, 0.4) is 0 Å². The zero-order valence-corrected chi connectivity index (χ0v) is 18.8. The van der Waals surface area contributed by atoms with Crippen LogP contribution in [0.2, 0.25) is 0 Å². The van der Waals surface area contributed by atoms with Crippen LogP contribution in [-0.2, 0) is 14.8 Å². The third-order valence-corrected chi connectivity index (χ3v) is 7.53. The van der Waals surface area contributed by atoms with E-state index in [1.807, 2.05) is 13.8 Å². The van der Waals surface area contributed by atoms with Crippen LogP contribution in [0.4, 0.5) is 4.39 Å². The number of carbonyl (C=O) groups is 1. The minimum atomic E-state index is -3.94. The first-order valence-corrected chi connectivity index (χ1v) is 11.9. The van der Waals surface area contributed by atoms with E-state index >= 15 is 0 Å². The van der Waals surface area contributed by atoms with Gasteiger partial charge in [0.1, 0.15) is 11.5 Å². The Morgan fingerprint density at radius 3 is 2.84 bits per heavy atom. The number of hydrogen-bond donors (Lipinski definition) is 1. The molecule has 0 unspecified atom stereocenters. The molecule has 1 aliphatic heterocycles. The molecule has 168 valence electrons. The van der Waals surface area contributed by atoms with Gasteiger partial charge in [-0.05, 0) is 51.3 Å². The standard InChI is InChI=1S/C22H28FN3O4S/c1-4-15(2)24-22(27)18-9-7-13-26(14-18)31(28,29)21-16(3)25-30-20(21)12-11-17-8-5-6-10-19(17)23/h5-6,8,10-12,15,18H,4,7,9,13-14H2,1-3H3,(H,24,27)/b12-11+/t15-,18+/m0/s1. The zero-order valence-electron chi connectivity index (χ0n) is 18.0. The number of halogens is 1. The van der Waals surface area contributed by atoms with E-state index in [1.54, 1.807) is 25.1 Å². The van der Waals surface area contributed by atoms with Crippen molar-refractivity contribution < 1.29 is 22.1 Å². The molecule has 9 heteroatoms. The molecule has 0 saturated carbocycles. The Labute approximate surface area is 182 Å². The fourth-order valence-electron chi connectivity index (χ4n) is 3.54. The van der Waals surface area contributed by atoms with E-state index in [1.165, 1.54) is 22.5 Å². The summed E-state index contributed by atoms with van der Waals surface area (Å²) >= 11 is 0. The summed E-state index contributed by atoms with van der Waals surface area (Å²) in [5.41, 5.74) is 0.527. The van der Waals surface area contributed by atoms with Crippen molar-refractivity contribution in [1.29, 1.82) is 0 Å². The van der Waals surface area contributed by atoms with E-state index in [2.05, 4.69) is 10.5 Å². The van der Waals surface area contributed by atoms with Crippen molar-refractivity contribution >= 4 is 28.1 Å². The molecule has 3 rings (SSSR count). The molecule has 1 amide bonds. The average Bonchev–Trinajstić information content (AvgIpc) is 3.14. The van der Waals surface area contributed by atoms with E-state index < -0.39 is 21.8 Å². The van der Waals surface area contributed by atoms with Crippen molar-refractivity contribution in [1.82, 2.24) is 14.8 Å². The highest BCUT2D eigenvalue weighted by Gasteiger charge is 2.37. The van der Waals surface area contributed by atoms with E-state index in [0.717, 1.165) is 6.42 Å². The van der Waals surface area contributed by atoms with Crippen molar-refractivity contribution in [3.63, 3.8) is 0 Å². The highest BCUT2D eigenvalue weighted by atomic mass is 32.2. The number of nitrogens with zero attached hydrogens (tertiary/aromatic N) is 2. The second kappa shape index (κ2) is 9.74. The highest BCUT2D eigenvalue weighted by molar-refractivity contribution is 7.89. The van der Waals surface area contributed by atoms with Crippen LogP contribution in [0.1, 0.15) is 50.1 Å². The molecule has 1 fully saturated rings. The van der Waals surface area contributed by atoms with Gasteiger partial charge in [-0.3, -0.25) is 4.79 Å². The van der Waals surface area contributed by atoms with Crippen molar-refractivity contribution in [2.24, 2.45) is 5.92 Å². The smallest absolute Gasteiger partial charge is 0.248 e. The summed E-state index contributed by atoms with van der Waals surface area (Å²) < 4.78 is 47.2. The molecule has 2 aromatic rings. The molecule has 7 nitrogen and oxygen atoms in total. The topological polar surface area (TPSA) is 92.5 Å². The maximum Gasteiger partial charge on any atom is 0.248 e. The Hall–Kier alpha value is -2.52. The number of hydrogen-bond acceptors (Lipinski definition) is 5. The molecular formula is C22H28FN3O4S. The Bertz CT molecular complexity index is 1060. The number of nitrogens with one attached hydrogen (secondary N) is 1. The third kappa shape index (κ3) is 5.22. The van der Waals surface area contributed by atoms with Crippen LogP contribution in [0.5, 0.6) is 0 Å². The van der Waals surface area contributed by atoms with Gasteiger partial charge in [-0.2, -0.15) is 4.31 Å². The number of amides is 1. The summed E-state index contributed by atoms with van der Waals surface area (Å²) in [6, 6.07) is 6.20. The lowest BCUT2D eigenvalue weighted by molar-refractivity contribution is -0.126. The van der Waals surface area contributed by atoms with Crippen LogP contribution in [-0.4, -0.2) is 42.9 Å². The quantitative estimate of drug-likeness (QED) is 0.697. The molecule has 31 heavy (non-hydrogen) atoms. The lowest BCUT2D eigenvalue weighted by atomic mass is 9.98. The van der Waals surface area contributed by atoms with Crippen LogP contribution in [0.15, 0.2) is 33.7 Å². The van der Waals surface area contributed by atoms with Gasteiger partial charge in [-0.1, -0.05) is 30.3 Å². The van der Waals surface area contributed by atoms with E-state index in [0.29, 0.717) is 24.9 Å². The largest absolute Gasteiger partial charge is 0.355 e. The van der Waals surface area contributed by atoms with Crippen LogP contribution < -0.4 is 5.32 Å². The maximum absolute atomic E-state index is 13.9. The fraction of sp³-hybridized carbons (Fsp3) is 0.455. The van der Waals surface area contributed by atoms with Gasteiger partial charge in [0.05, 0.1) is 5.92 Å². The number of aryl methyl sites for hydroxylation is 1.